The molecule has 0 atom stereocenters. The van der Waals surface area contributed by atoms with Crippen molar-refractivity contribution in [2.45, 2.75) is 6.92 Å². The first kappa shape index (κ1) is 17.9. The van der Waals surface area contributed by atoms with E-state index in [0.717, 1.165) is 0 Å². The largest absolute Gasteiger partial charge is 2.00 e. The summed E-state index contributed by atoms with van der Waals surface area (Å²) in [4.78, 5) is 0. The van der Waals surface area contributed by atoms with Crippen LogP contribution in [0.1, 0.15) is 6.92 Å². The standard InChI is InChI=1S/C10H12ClO2.BrH.Mg/c1-2-12-7-8-13-10-5-3-9(11)4-6-10;;/h3-5H,2,7-8H2,1H3;1H;/q-1;;+2/p-1. The Bertz CT molecular complexity index is 244. The van der Waals surface area contributed by atoms with E-state index in [0.29, 0.717) is 30.6 Å². The predicted octanol–water partition coefficient (Wildman–Crippen LogP) is -0.821. The number of hydrogen-bond acceptors (Lipinski definition) is 2. The average Bonchev–Trinajstić information content (AvgIpc) is 2.15. The second-order valence-corrected chi connectivity index (χ2v) is 2.85. The van der Waals surface area contributed by atoms with Crippen molar-refractivity contribution in [1.29, 1.82) is 0 Å². The minimum atomic E-state index is 0. The fourth-order valence-corrected chi connectivity index (χ4v) is 0.954. The first-order chi connectivity index (χ1) is 6.33. The molecular weight excluding hydrogens is 292 g/mol. The van der Waals surface area contributed by atoms with Crippen LogP contribution >= 0.6 is 11.6 Å². The molecule has 0 unspecified atom stereocenters. The quantitative estimate of drug-likeness (QED) is 0.402. The SMILES string of the molecule is CCOCCOc1[c-]cc(Cl)cc1.[Br-].[Mg+2]. The minimum Gasteiger partial charge on any atom is -1.00 e. The zero-order chi connectivity index (χ0) is 9.52. The normalized spacial score (nSPS) is 8.67. The average molecular weight is 304 g/mol. The van der Waals surface area contributed by atoms with Gasteiger partial charge < -0.3 is 26.5 Å². The number of halogens is 2. The topological polar surface area (TPSA) is 18.5 Å². The second kappa shape index (κ2) is 11.0. The summed E-state index contributed by atoms with van der Waals surface area (Å²) in [6.45, 7) is 3.82. The minimum absolute atomic E-state index is 0. The van der Waals surface area contributed by atoms with Gasteiger partial charge in [0, 0.05) is 12.4 Å². The van der Waals surface area contributed by atoms with Crippen LogP contribution in [0, 0.1) is 6.07 Å². The third-order valence-corrected chi connectivity index (χ3v) is 1.67. The van der Waals surface area contributed by atoms with Crippen LogP contribution in [0.3, 0.4) is 0 Å². The molecule has 1 aromatic rings. The summed E-state index contributed by atoms with van der Waals surface area (Å²) >= 11 is 5.68. The van der Waals surface area contributed by atoms with Crippen LogP contribution in [-0.4, -0.2) is 42.9 Å². The zero-order valence-electron chi connectivity index (χ0n) is 8.63. The summed E-state index contributed by atoms with van der Waals surface area (Å²) in [6, 6.07) is 8.14. The molecule has 0 spiro atoms. The van der Waals surface area contributed by atoms with Gasteiger partial charge in [0.25, 0.3) is 0 Å². The summed E-state index contributed by atoms with van der Waals surface area (Å²) < 4.78 is 10.4. The first-order valence-electron chi connectivity index (χ1n) is 4.20. The smallest absolute Gasteiger partial charge is 1.00 e. The maximum atomic E-state index is 5.68. The Hall–Kier alpha value is 0.516. The Morgan fingerprint density at radius 1 is 1.33 bits per heavy atom. The van der Waals surface area contributed by atoms with Gasteiger partial charge in [-0.2, -0.15) is 23.7 Å². The molecule has 0 amide bonds. The number of ether oxygens (including phenoxy) is 2. The molecule has 0 N–H and O–H groups in total. The van der Waals surface area contributed by atoms with E-state index in [1.54, 1.807) is 18.2 Å². The molecule has 80 valence electrons. The molecule has 5 heteroatoms. The van der Waals surface area contributed by atoms with E-state index in [1.807, 2.05) is 6.92 Å². The molecule has 15 heavy (non-hydrogen) atoms. The van der Waals surface area contributed by atoms with E-state index in [1.165, 1.54) is 0 Å². The molecule has 0 saturated heterocycles. The fourth-order valence-electron chi connectivity index (χ4n) is 0.836. The second-order valence-electron chi connectivity index (χ2n) is 2.42. The van der Waals surface area contributed by atoms with Crippen LogP contribution < -0.4 is 21.7 Å². The van der Waals surface area contributed by atoms with Gasteiger partial charge in [-0.1, -0.05) is 5.02 Å². The Labute approximate surface area is 122 Å². The Kier molecular flexibility index (Phi) is 13.1. The predicted molar refractivity (Wildman–Crippen MR) is 58.0 cm³/mol. The van der Waals surface area contributed by atoms with Gasteiger partial charge in [-0.3, -0.25) is 0 Å². The molecule has 0 radical (unpaired) electrons. The van der Waals surface area contributed by atoms with Crippen LogP contribution in [0.25, 0.3) is 0 Å². The van der Waals surface area contributed by atoms with Gasteiger partial charge in [0.05, 0.1) is 6.61 Å². The zero-order valence-corrected chi connectivity index (χ0v) is 12.4. The van der Waals surface area contributed by atoms with Crippen molar-refractivity contribution in [3.8, 4) is 5.75 Å². The third-order valence-electron chi connectivity index (χ3n) is 1.44. The summed E-state index contributed by atoms with van der Waals surface area (Å²) in [5.74, 6) is 0.698. The number of benzene rings is 1. The van der Waals surface area contributed by atoms with Crippen LogP contribution in [0.5, 0.6) is 5.75 Å². The van der Waals surface area contributed by atoms with Crippen molar-refractivity contribution in [1.82, 2.24) is 0 Å². The maximum Gasteiger partial charge on any atom is 2.00 e. The van der Waals surface area contributed by atoms with Gasteiger partial charge in [-0.15, -0.1) is 12.1 Å². The monoisotopic (exact) mass is 302 g/mol. The van der Waals surface area contributed by atoms with Gasteiger partial charge >= 0.3 is 23.1 Å². The van der Waals surface area contributed by atoms with Gasteiger partial charge in [0.1, 0.15) is 6.61 Å². The summed E-state index contributed by atoms with van der Waals surface area (Å²) in [6.07, 6.45) is 0. The molecule has 0 saturated carbocycles. The van der Waals surface area contributed by atoms with Gasteiger partial charge in [0.2, 0.25) is 0 Å². The van der Waals surface area contributed by atoms with Crippen molar-refractivity contribution >= 4 is 34.7 Å². The summed E-state index contributed by atoms with van der Waals surface area (Å²) in [7, 11) is 0. The number of hydrogen-bond donors (Lipinski definition) is 0. The van der Waals surface area contributed by atoms with E-state index < -0.39 is 0 Å². The van der Waals surface area contributed by atoms with Crippen LogP contribution in [-0.2, 0) is 4.74 Å². The van der Waals surface area contributed by atoms with Crippen LogP contribution in [0.2, 0.25) is 5.02 Å². The summed E-state index contributed by atoms with van der Waals surface area (Å²) in [5, 5.41) is 0.664. The van der Waals surface area contributed by atoms with Crippen molar-refractivity contribution in [3.05, 3.63) is 29.3 Å². The van der Waals surface area contributed by atoms with Gasteiger partial charge in [0.15, 0.2) is 0 Å². The van der Waals surface area contributed by atoms with Crippen molar-refractivity contribution in [2.24, 2.45) is 0 Å². The molecule has 0 fully saturated rings. The number of rotatable bonds is 5. The van der Waals surface area contributed by atoms with E-state index in [-0.39, 0.29) is 40.0 Å². The third kappa shape index (κ3) is 8.34. The summed E-state index contributed by atoms with van der Waals surface area (Å²) in [5.41, 5.74) is 0. The molecule has 0 aliphatic heterocycles. The van der Waals surface area contributed by atoms with Crippen molar-refractivity contribution in [3.63, 3.8) is 0 Å². The van der Waals surface area contributed by atoms with Gasteiger partial charge in [-0.05, 0) is 6.92 Å². The molecule has 1 rings (SSSR count). The Balaban J connectivity index is 0. The molecule has 1 aromatic carbocycles. The molecule has 0 aliphatic carbocycles. The maximum absolute atomic E-state index is 5.68. The van der Waals surface area contributed by atoms with Crippen molar-refractivity contribution in [2.75, 3.05) is 19.8 Å². The van der Waals surface area contributed by atoms with E-state index in [4.69, 9.17) is 21.1 Å². The molecule has 0 aliphatic rings. The van der Waals surface area contributed by atoms with Crippen molar-refractivity contribution < 1.29 is 26.5 Å². The first-order valence-corrected chi connectivity index (χ1v) is 4.58. The van der Waals surface area contributed by atoms with E-state index in [2.05, 4.69) is 6.07 Å². The Morgan fingerprint density at radius 2 is 2.07 bits per heavy atom. The fraction of sp³-hybridized carbons (Fsp3) is 0.400. The molecular formula is C10H12BrClMgO2. The molecule has 0 heterocycles. The molecule has 0 aromatic heterocycles. The Morgan fingerprint density at radius 3 is 2.60 bits per heavy atom. The van der Waals surface area contributed by atoms with Crippen LogP contribution in [0.15, 0.2) is 18.2 Å². The molecule has 2 nitrogen and oxygen atoms in total. The van der Waals surface area contributed by atoms with E-state index >= 15 is 0 Å². The van der Waals surface area contributed by atoms with E-state index in [9.17, 15) is 0 Å². The van der Waals surface area contributed by atoms with Crippen LogP contribution in [0.4, 0.5) is 0 Å². The molecule has 0 bridgehead atoms. The van der Waals surface area contributed by atoms with Gasteiger partial charge in [-0.25, -0.2) is 0 Å².